The van der Waals surface area contributed by atoms with Gasteiger partial charge in [0, 0.05) is 26.2 Å². The van der Waals surface area contributed by atoms with Gasteiger partial charge >= 0.3 is 0 Å². The molecule has 144 valence electrons. The molecular formula is C19H29IN4O2. The summed E-state index contributed by atoms with van der Waals surface area (Å²) in [6, 6.07) is 7.25. The van der Waals surface area contributed by atoms with Gasteiger partial charge in [-0.1, -0.05) is 26.0 Å². The zero-order valence-electron chi connectivity index (χ0n) is 15.9. The highest BCUT2D eigenvalue weighted by Crippen LogP contribution is 2.21. The van der Waals surface area contributed by atoms with Gasteiger partial charge in [0.15, 0.2) is 5.96 Å². The Balaban J connectivity index is 0.00000338. The molecular weight excluding hydrogens is 443 g/mol. The van der Waals surface area contributed by atoms with Gasteiger partial charge in [-0.25, -0.2) is 0 Å². The molecule has 0 saturated carbocycles. The fraction of sp³-hybridized carbons (Fsp3) is 0.526. The third-order valence-electron chi connectivity index (χ3n) is 4.29. The van der Waals surface area contributed by atoms with Crippen LogP contribution in [0.3, 0.4) is 0 Å². The minimum absolute atomic E-state index is 0. The highest BCUT2D eigenvalue weighted by atomic mass is 127. The summed E-state index contributed by atoms with van der Waals surface area (Å²) in [5, 5.41) is 6.51. The second-order valence-corrected chi connectivity index (χ2v) is 6.82. The van der Waals surface area contributed by atoms with Gasteiger partial charge in [0.05, 0.1) is 11.1 Å². The molecule has 0 fully saturated rings. The molecule has 0 radical (unpaired) electrons. The first-order valence-electron chi connectivity index (χ1n) is 8.86. The highest BCUT2D eigenvalue weighted by Gasteiger charge is 2.34. The molecule has 0 spiro atoms. The van der Waals surface area contributed by atoms with Gasteiger partial charge < -0.3 is 10.6 Å². The molecule has 1 heterocycles. The quantitative estimate of drug-likeness (QED) is 0.277. The molecule has 0 bridgehead atoms. The average Bonchev–Trinajstić information content (AvgIpc) is 2.84. The third-order valence-corrected chi connectivity index (χ3v) is 4.29. The van der Waals surface area contributed by atoms with Gasteiger partial charge in [0.25, 0.3) is 11.8 Å². The van der Waals surface area contributed by atoms with Crippen LogP contribution in [-0.2, 0) is 0 Å². The Morgan fingerprint density at radius 1 is 1.08 bits per heavy atom. The second kappa shape index (κ2) is 10.5. The number of rotatable bonds is 7. The minimum atomic E-state index is -0.226. The number of carbonyl (C=O) groups excluding carboxylic acids is 2. The maximum absolute atomic E-state index is 12.3. The van der Waals surface area contributed by atoms with Crippen LogP contribution in [0.5, 0.6) is 0 Å². The topological polar surface area (TPSA) is 73.8 Å². The SMILES string of the molecule is CN=C(NCCN1C(=O)c2ccccc2C1=O)NC(C)CCC(C)C.I. The summed E-state index contributed by atoms with van der Waals surface area (Å²) in [7, 11) is 1.71. The number of amides is 2. The Hall–Kier alpha value is -1.64. The lowest BCUT2D eigenvalue weighted by Crippen LogP contribution is -2.45. The number of benzene rings is 1. The molecule has 0 aliphatic carbocycles. The molecule has 2 amide bonds. The number of imide groups is 1. The lowest BCUT2D eigenvalue weighted by molar-refractivity contribution is 0.0657. The number of fused-ring (bicyclic) bond motifs is 1. The summed E-state index contributed by atoms with van der Waals surface area (Å²) in [5.74, 6) is 0.909. The van der Waals surface area contributed by atoms with Crippen LogP contribution in [0.4, 0.5) is 0 Å². The Morgan fingerprint density at radius 3 is 2.15 bits per heavy atom. The first-order chi connectivity index (χ1) is 11.9. The van der Waals surface area contributed by atoms with Crippen molar-refractivity contribution >= 4 is 41.8 Å². The monoisotopic (exact) mass is 472 g/mol. The van der Waals surface area contributed by atoms with Crippen LogP contribution in [-0.4, -0.2) is 48.9 Å². The third kappa shape index (κ3) is 5.69. The van der Waals surface area contributed by atoms with E-state index >= 15 is 0 Å². The van der Waals surface area contributed by atoms with E-state index in [-0.39, 0.29) is 35.8 Å². The van der Waals surface area contributed by atoms with E-state index in [4.69, 9.17) is 0 Å². The number of hydrogen-bond acceptors (Lipinski definition) is 3. The number of aliphatic imine (C=N–C) groups is 1. The van der Waals surface area contributed by atoms with Gasteiger partial charge in [-0.2, -0.15) is 0 Å². The van der Waals surface area contributed by atoms with E-state index in [1.54, 1.807) is 31.3 Å². The predicted octanol–water partition coefficient (Wildman–Crippen LogP) is 2.89. The summed E-state index contributed by atoms with van der Waals surface area (Å²) in [6.45, 7) is 7.32. The van der Waals surface area contributed by atoms with E-state index < -0.39 is 0 Å². The van der Waals surface area contributed by atoms with Crippen molar-refractivity contribution in [3.8, 4) is 0 Å². The summed E-state index contributed by atoms with van der Waals surface area (Å²) >= 11 is 0. The molecule has 0 saturated heterocycles. The Morgan fingerprint density at radius 2 is 1.65 bits per heavy atom. The van der Waals surface area contributed by atoms with Crippen molar-refractivity contribution in [1.29, 1.82) is 0 Å². The molecule has 7 heteroatoms. The van der Waals surface area contributed by atoms with Crippen molar-refractivity contribution in [3.05, 3.63) is 35.4 Å². The number of nitrogens with one attached hydrogen (secondary N) is 2. The minimum Gasteiger partial charge on any atom is -0.355 e. The summed E-state index contributed by atoms with van der Waals surface area (Å²) < 4.78 is 0. The number of guanidine groups is 1. The lowest BCUT2D eigenvalue weighted by Gasteiger charge is -2.20. The number of nitrogens with zero attached hydrogens (tertiary/aromatic N) is 2. The summed E-state index contributed by atoms with van der Waals surface area (Å²) in [6.07, 6.45) is 2.22. The van der Waals surface area contributed by atoms with Gasteiger partial charge in [0.1, 0.15) is 0 Å². The van der Waals surface area contributed by atoms with Gasteiger partial charge in [-0.15, -0.1) is 24.0 Å². The van der Waals surface area contributed by atoms with E-state index in [9.17, 15) is 9.59 Å². The van der Waals surface area contributed by atoms with Crippen molar-refractivity contribution in [1.82, 2.24) is 15.5 Å². The number of halogens is 1. The van der Waals surface area contributed by atoms with E-state index in [0.717, 1.165) is 12.8 Å². The van der Waals surface area contributed by atoms with Gasteiger partial charge in [-0.05, 0) is 37.8 Å². The predicted molar refractivity (Wildman–Crippen MR) is 115 cm³/mol. The second-order valence-electron chi connectivity index (χ2n) is 6.82. The standard InChI is InChI=1S/C19H28N4O2.HI/c1-13(2)9-10-14(3)22-19(20-4)21-11-12-23-17(24)15-7-5-6-8-16(15)18(23)25;/h5-8,13-14H,9-12H2,1-4H3,(H2,20,21,22);1H. The van der Waals surface area contributed by atoms with E-state index in [2.05, 4.69) is 36.4 Å². The average molecular weight is 472 g/mol. The molecule has 6 nitrogen and oxygen atoms in total. The normalized spacial score (nSPS) is 15.0. The van der Waals surface area contributed by atoms with Gasteiger partial charge in [-0.3, -0.25) is 19.5 Å². The molecule has 1 aromatic rings. The van der Waals surface area contributed by atoms with Crippen molar-refractivity contribution in [2.45, 2.75) is 39.7 Å². The zero-order valence-corrected chi connectivity index (χ0v) is 18.2. The van der Waals surface area contributed by atoms with Crippen molar-refractivity contribution < 1.29 is 9.59 Å². The Labute approximate surface area is 172 Å². The fourth-order valence-electron chi connectivity index (χ4n) is 2.81. The summed E-state index contributed by atoms with van der Waals surface area (Å²) in [5.41, 5.74) is 0.967. The first-order valence-corrected chi connectivity index (χ1v) is 8.86. The molecule has 1 atom stereocenters. The fourth-order valence-corrected chi connectivity index (χ4v) is 2.81. The molecule has 1 aliphatic heterocycles. The van der Waals surface area contributed by atoms with Crippen molar-refractivity contribution in [2.75, 3.05) is 20.1 Å². The van der Waals surface area contributed by atoms with E-state index in [1.165, 1.54) is 4.90 Å². The molecule has 1 aromatic carbocycles. The van der Waals surface area contributed by atoms with Gasteiger partial charge in [0.2, 0.25) is 0 Å². The molecule has 1 unspecified atom stereocenters. The van der Waals surface area contributed by atoms with Crippen LogP contribution in [0, 0.1) is 5.92 Å². The Kier molecular flexibility index (Phi) is 9.04. The van der Waals surface area contributed by atoms with E-state index in [0.29, 0.717) is 42.1 Å². The molecule has 26 heavy (non-hydrogen) atoms. The van der Waals surface area contributed by atoms with Crippen molar-refractivity contribution in [2.24, 2.45) is 10.9 Å². The van der Waals surface area contributed by atoms with Crippen LogP contribution < -0.4 is 10.6 Å². The van der Waals surface area contributed by atoms with Crippen LogP contribution >= 0.6 is 24.0 Å². The largest absolute Gasteiger partial charge is 0.355 e. The summed E-state index contributed by atoms with van der Waals surface area (Å²) in [4.78, 5) is 30.1. The van der Waals surface area contributed by atoms with Crippen LogP contribution in [0.2, 0.25) is 0 Å². The molecule has 2 rings (SSSR count). The molecule has 0 aromatic heterocycles. The smallest absolute Gasteiger partial charge is 0.261 e. The zero-order chi connectivity index (χ0) is 18.4. The lowest BCUT2D eigenvalue weighted by atomic mass is 10.0. The maximum Gasteiger partial charge on any atom is 0.261 e. The molecule has 1 aliphatic rings. The van der Waals surface area contributed by atoms with Crippen LogP contribution in [0.1, 0.15) is 54.3 Å². The first kappa shape index (κ1) is 22.4. The van der Waals surface area contributed by atoms with Crippen LogP contribution in [0.15, 0.2) is 29.3 Å². The molecule has 2 N–H and O–H groups in total. The number of hydrogen-bond donors (Lipinski definition) is 2. The van der Waals surface area contributed by atoms with E-state index in [1.807, 2.05) is 0 Å². The Bertz CT molecular complexity index is 626. The van der Waals surface area contributed by atoms with Crippen molar-refractivity contribution in [3.63, 3.8) is 0 Å². The maximum atomic E-state index is 12.3. The van der Waals surface area contributed by atoms with Crippen LogP contribution in [0.25, 0.3) is 0 Å². The number of carbonyl (C=O) groups is 2. The highest BCUT2D eigenvalue weighted by molar-refractivity contribution is 14.0.